The summed E-state index contributed by atoms with van der Waals surface area (Å²) >= 11 is 6.04. The van der Waals surface area contributed by atoms with Gasteiger partial charge in [-0.2, -0.15) is 4.98 Å². The fourth-order valence-corrected chi connectivity index (χ4v) is 6.68. The normalized spacial score (nSPS) is 25.4. The number of aromatic nitrogens is 4. The van der Waals surface area contributed by atoms with Gasteiger partial charge in [-0.15, -0.1) is 0 Å². The van der Waals surface area contributed by atoms with E-state index < -0.39 is 55.6 Å². The topological polar surface area (TPSA) is 159 Å². The van der Waals surface area contributed by atoms with Crippen LogP contribution in [0.25, 0.3) is 11.2 Å². The number of benzene rings is 1. The van der Waals surface area contributed by atoms with Crippen molar-refractivity contribution in [3.63, 3.8) is 0 Å². The monoisotopic (exact) mass is 666 g/mol. The number of hydrogen-bond donors (Lipinski definition) is 1. The van der Waals surface area contributed by atoms with Gasteiger partial charge in [0.25, 0.3) is 5.56 Å². The predicted molar refractivity (Wildman–Crippen MR) is 162 cm³/mol. The summed E-state index contributed by atoms with van der Waals surface area (Å²) in [5.41, 5.74) is 0.464. The van der Waals surface area contributed by atoms with Crippen LogP contribution >= 0.6 is 19.4 Å². The van der Waals surface area contributed by atoms with Gasteiger partial charge in [-0.3, -0.25) is 23.3 Å². The molecule has 1 unspecified atom stereocenters. The second kappa shape index (κ2) is 13.4. The highest BCUT2D eigenvalue weighted by molar-refractivity contribution is 7.48. The highest BCUT2D eigenvalue weighted by atomic mass is 35.5. The molecule has 14 nitrogen and oxygen atoms in total. The first-order valence-corrected chi connectivity index (χ1v) is 15.9. The molecule has 0 spiro atoms. The third-order valence-electron chi connectivity index (χ3n) is 7.16. The standard InChI is InChI=1S/C28H33ClFN6O8P/c1-15(2)42-28(38)43-23-11-21(36-14-31-24-25(36)33-27(34-26(24)37)32-13-35(4)5)16(3)19(23)12-41-45(39)40-9-8-22(44-45)18-10-17(29)6-7-20(18)30/h6-7,10,13-15,19,21-23H,3,8-9,11-12H2,1-2,4-5H3,(H,33,34,37)/b32-13+/t19-,21?,22+,23-,45-/m0/s1. The molecule has 0 bridgehead atoms. The van der Waals surface area contributed by atoms with E-state index in [4.69, 9.17) is 34.6 Å². The Morgan fingerprint density at radius 1 is 1.40 bits per heavy atom. The zero-order chi connectivity index (χ0) is 32.5. The van der Waals surface area contributed by atoms with Gasteiger partial charge in [0.15, 0.2) is 11.2 Å². The van der Waals surface area contributed by atoms with Gasteiger partial charge in [-0.1, -0.05) is 18.2 Å². The highest BCUT2D eigenvalue weighted by Gasteiger charge is 2.45. The number of ether oxygens (including phenoxy) is 2. The summed E-state index contributed by atoms with van der Waals surface area (Å²) in [4.78, 5) is 42.4. The van der Waals surface area contributed by atoms with Gasteiger partial charge in [0.1, 0.15) is 11.9 Å². The summed E-state index contributed by atoms with van der Waals surface area (Å²) in [5.74, 6) is -1.23. The number of phosphoric ester groups is 1. The lowest BCUT2D eigenvalue weighted by Crippen LogP contribution is -2.28. The van der Waals surface area contributed by atoms with Gasteiger partial charge < -0.3 is 18.9 Å². The van der Waals surface area contributed by atoms with Crippen molar-refractivity contribution in [1.82, 2.24) is 24.4 Å². The summed E-state index contributed by atoms with van der Waals surface area (Å²) in [6, 6.07) is 3.43. The number of fused-ring (bicyclic) bond motifs is 1. The number of carbonyl (C=O) groups excluding carboxylic acids is 1. The molecule has 3 aromatic rings. The molecule has 2 aromatic heterocycles. The number of hydrogen-bond acceptors (Lipinski definition) is 11. The summed E-state index contributed by atoms with van der Waals surface area (Å²) in [7, 11) is -0.658. The van der Waals surface area contributed by atoms with E-state index >= 15 is 0 Å². The molecular formula is C28H33ClFN6O8P. The molecule has 5 atom stereocenters. The highest BCUT2D eigenvalue weighted by Crippen LogP contribution is 2.58. The Hall–Kier alpha value is -3.62. The van der Waals surface area contributed by atoms with E-state index in [-0.39, 0.29) is 48.7 Å². The van der Waals surface area contributed by atoms with Crippen LogP contribution in [0.5, 0.6) is 0 Å². The number of halogens is 2. The first-order valence-electron chi connectivity index (χ1n) is 14.1. The van der Waals surface area contributed by atoms with Gasteiger partial charge in [0.2, 0.25) is 5.95 Å². The second-order valence-electron chi connectivity index (χ2n) is 11.1. The quantitative estimate of drug-likeness (QED) is 0.101. The van der Waals surface area contributed by atoms with Crippen molar-refractivity contribution in [3.05, 3.63) is 63.4 Å². The maximum atomic E-state index is 14.5. The van der Waals surface area contributed by atoms with Gasteiger partial charge in [0, 0.05) is 43.4 Å². The second-order valence-corrected chi connectivity index (χ2v) is 13.1. The lowest BCUT2D eigenvalue weighted by atomic mass is 10.0. The van der Waals surface area contributed by atoms with Crippen LogP contribution in [0.2, 0.25) is 5.02 Å². The van der Waals surface area contributed by atoms with Crippen LogP contribution < -0.4 is 5.56 Å². The number of phosphoric acid groups is 1. The minimum atomic E-state index is -4.20. The minimum absolute atomic E-state index is 0.0251. The van der Waals surface area contributed by atoms with Gasteiger partial charge in [-0.05, 0) is 37.6 Å². The zero-order valence-corrected chi connectivity index (χ0v) is 26.7. The van der Waals surface area contributed by atoms with Crippen molar-refractivity contribution >= 4 is 49.0 Å². The number of aromatic amines is 1. The molecular weight excluding hydrogens is 634 g/mol. The molecule has 1 aliphatic heterocycles. The summed E-state index contributed by atoms with van der Waals surface area (Å²) in [6.07, 6.45) is 0.194. The maximum absolute atomic E-state index is 14.5. The van der Waals surface area contributed by atoms with Crippen molar-refractivity contribution in [2.75, 3.05) is 27.3 Å². The largest absolute Gasteiger partial charge is 0.508 e. The molecule has 1 aliphatic carbocycles. The third kappa shape index (κ3) is 7.45. The van der Waals surface area contributed by atoms with E-state index in [9.17, 15) is 18.5 Å². The van der Waals surface area contributed by atoms with Gasteiger partial charge >= 0.3 is 14.0 Å². The molecule has 2 aliphatic rings. The Kier molecular flexibility index (Phi) is 9.75. The van der Waals surface area contributed by atoms with Crippen LogP contribution in [-0.2, 0) is 27.6 Å². The van der Waals surface area contributed by atoms with Crippen LogP contribution in [0.15, 0.2) is 46.5 Å². The van der Waals surface area contributed by atoms with Crippen molar-refractivity contribution < 1.29 is 36.8 Å². The Morgan fingerprint density at radius 2 is 2.18 bits per heavy atom. The fraction of sp³-hybridized carbons (Fsp3) is 0.464. The first-order chi connectivity index (χ1) is 21.3. The van der Waals surface area contributed by atoms with Crippen LogP contribution in [-0.4, -0.2) is 76.4 Å². The molecule has 0 radical (unpaired) electrons. The number of imidazole rings is 1. The average Bonchev–Trinajstić information content (AvgIpc) is 3.52. The molecule has 242 valence electrons. The van der Waals surface area contributed by atoms with E-state index in [0.29, 0.717) is 10.6 Å². The van der Waals surface area contributed by atoms with E-state index in [1.54, 1.807) is 37.4 Å². The number of nitrogens with zero attached hydrogens (tertiary/aromatic N) is 5. The van der Waals surface area contributed by atoms with Crippen molar-refractivity contribution in [3.8, 4) is 0 Å². The van der Waals surface area contributed by atoms with Crippen LogP contribution in [0, 0.1) is 11.7 Å². The molecule has 0 amide bonds. The van der Waals surface area contributed by atoms with Crippen LogP contribution in [0.1, 0.15) is 44.4 Å². The molecule has 17 heteroatoms. The van der Waals surface area contributed by atoms with Gasteiger partial charge in [0.05, 0.1) is 44.1 Å². The molecule has 1 N–H and O–H groups in total. The number of rotatable bonds is 9. The molecule has 1 aromatic carbocycles. The third-order valence-corrected chi connectivity index (χ3v) is 8.87. The van der Waals surface area contributed by atoms with E-state index in [0.717, 1.165) is 0 Å². The minimum Gasteiger partial charge on any atom is -0.432 e. The van der Waals surface area contributed by atoms with Crippen molar-refractivity contribution in [1.29, 1.82) is 0 Å². The van der Waals surface area contributed by atoms with Crippen molar-refractivity contribution in [2.45, 2.75) is 51.0 Å². The molecule has 45 heavy (non-hydrogen) atoms. The molecule has 1 saturated carbocycles. The van der Waals surface area contributed by atoms with E-state index in [1.165, 1.54) is 30.9 Å². The predicted octanol–water partition coefficient (Wildman–Crippen LogP) is 5.48. The number of aliphatic imine (C=N–C) groups is 1. The fourth-order valence-electron chi connectivity index (χ4n) is 5.10. The summed E-state index contributed by atoms with van der Waals surface area (Å²) in [5, 5.41) is 0.291. The van der Waals surface area contributed by atoms with E-state index in [1.807, 2.05) is 0 Å². The number of nitrogens with one attached hydrogen (secondary N) is 1. The summed E-state index contributed by atoms with van der Waals surface area (Å²) < 4.78 is 57.4. The van der Waals surface area contributed by atoms with Crippen LogP contribution in [0.3, 0.4) is 0 Å². The van der Waals surface area contributed by atoms with Crippen LogP contribution in [0.4, 0.5) is 15.1 Å². The molecule has 3 heterocycles. The van der Waals surface area contributed by atoms with Crippen molar-refractivity contribution in [2.24, 2.45) is 10.9 Å². The average molecular weight is 667 g/mol. The molecule has 5 rings (SSSR count). The Labute approximate surface area is 262 Å². The van der Waals surface area contributed by atoms with E-state index in [2.05, 4.69) is 26.5 Å². The smallest absolute Gasteiger partial charge is 0.432 e. The SMILES string of the molecule is C=C1C(n2cnc3c(=O)[nH]c(/N=C/N(C)C)nc32)C[C@H](OC(=O)OC(C)C)[C@H]1CO[P@]1(=O)OCC[C@H](c2cc(Cl)ccc2F)O1. The zero-order valence-electron chi connectivity index (χ0n) is 25.0. The lowest BCUT2D eigenvalue weighted by molar-refractivity contribution is -0.0149. The Morgan fingerprint density at radius 3 is 2.91 bits per heavy atom. The van der Waals surface area contributed by atoms with Gasteiger partial charge in [-0.25, -0.2) is 23.7 Å². The number of carbonyl (C=O) groups is 1. The Balaban J connectivity index is 1.40. The Bertz CT molecular complexity index is 1730. The first kappa shape index (κ1) is 32.8. The number of H-pyrrole nitrogens is 1. The molecule has 2 fully saturated rings. The lowest BCUT2D eigenvalue weighted by Gasteiger charge is -2.30. The summed E-state index contributed by atoms with van der Waals surface area (Å²) in [6.45, 7) is 7.26. The maximum Gasteiger partial charge on any atom is 0.508 e. The molecule has 1 saturated heterocycles.